The van der Waals surface area contributed by atoms with Crippen LogP contribution in [0.2, 0.25) is 0 Å². The van der Waals surface area contributed by atoms with E-state index in [1.165, 1.54) is 0 Å². The lowest BCUT2D eigenvalue weighted by Crippen LogP contribution is -2.31. The Bertz CT molecular complexity index is 917. The van der Waals surface area contributed by atoms with Gasteiger partial charge in [0.05, 0.1) is 10.6 Å². The van der Waals surface area contributed by atoms with Crippen LogP contribution in [0.15, 0.2) is 29.2 Å². The van der Waals surface area contributed by atoms with Crippen LogP contribution >= 0.6 is 0 Å². The molecule has 27 heavy (non-hydrogen) atoms. The largest absolute Gasteiger partial charge is 0.351 e. The van der Waals surface area contributed by atoms with E-state index in [1.807, 2.05) is 6.92 Å². The van der Waals surface area contributed by atoms with Crippen LogP contribution in [0.25, 0.3) is 0 Å². The number of rotatable bonds is 7. The standard InChI is InChI=1S/C19H26N4O3S/c1-14-8-10-15(11-9-14)27(25,26)21-13-5-12-20-19(24)18-16-6-3-4-7-17(16)22-23(18)2/h8-11,21H,3-7,12-13H2,1-2H3,(H,20,24). The molecular weight excluding hydrogens is 364 g/mol. The van der Waals surface area contributed by atoms with Crippen LogP contribution < -0.4 is 10.0 Å². The summed E-state index contributed by atoms with van der Waals surface area (Å²) in [5.74, 6) is -0.144. The van der Waals surface area contributed by atoms with Crippen molar-refractivity contribution in [3.8, 4) is 0 Å². The second kappa shape index (κ2) is 8.22. The number of aryl methyl sites for hydroxylation is 3. The third kappa shape index (κ3) is 4.56. The number of nitrogens with one attached hydrogen (secondary N) is 2. The highest BCUT2D eigenvalue weighted by Crippen LogP contribution is 2.23. The van der Waals surface area contributed by atoms with Crippen LogP contribution in [0.1, 0.15) is 46.6 Å². The molecule has 1 amide bonds. The number of fused-ring (bicyclic) bond motifs is 1. The van der Waals surface area contributed by atoms with Gasteiger partial charge in [0, 0.05) is 25.7 Å². The van der Waals surface area contributed by atoms with Crippen LogP contribution in [-0.2, 0) is 29.9 Å². The van der Waals surface area contributed by atoms with Crippen LogP contribution in [-0.4, -0.2) is 37.2 Å². The molecule has 0 radical (unpaired) electrons. The van der Waals surface area contributed by atoms with Crippen LogP contribution in [0.3, 0.4) is 0 Å². The highest BCUT2D eigenvalue weighted by molar-refractivity contribution is 7.89. The van der Waals surface area contributed by atoms with E-state index in [0.717, 1.165) is 42.5 Å². The molecule has 0 atom stereocenters. The Balaban J connectivity index is 1.49. The normalized spacial score (nSPS) is 14.0. The molecule has 1 aromatic carbocycles. The number of hydrogen-bond acceptors (Lipinski definition) is 4. The topological polar surface area (TPSA) is 93.1 Å². The lowest BCUT2D eigenvalue weighted by molar-refractivity contribution is 0.0943. The monoisotopic (exact) mass is 390 g/mol. The molecule has 8 heteroatoms. The van der Waals surface area contributed by atoms with Gasteiger partial charge in [-0.1, -0.05) is 17.7 Å². The fourth-order valence-electron chi connectivity index (χ4n) is 3.35. The Labute approximate surface area is 160 Å². The van der Waals surface area contributed by atoms with Gasteiger partial charge in [0.2, 0.25) is 10.0 Å². The van der Waals surface area contributed by atoms with Gasteiger partial charge in [0.25, 0.3) is 5.91 Å². The van der Waals surface area contributed by atoms with E-state index in [0.29, 0.717) is 18.7 Å². The Hall–Kier alpha value is -2.19. The number of aromatic nitrogens is 2. The summed E-state index contributed by atoms with van der Waals surface area (Å²) < 4.78 is 28.7. The van der Waals surface area contributed by atoms with E-state index in [9.17, 15) is 13.2 Å². The van der Waals surface area contributed by atoms with Gasteiger partial charge >= 0.3 is 0 Å². The third-order valence-corrected chi connectivity index (χ3v) is 6.27. The molecule has 146 valence electrons. The SMILES string of the molecule is Cc1ccc(S(=O)(=O)NCCCNC(=O)c2c3c(nn2C)CCCC3)cc1. The summed E-state index contributed by atoms with van der Waals surface area (Å²) in [6.07, 6.45) is 4.53. The zero-order chi connectivity index (χ0) is 19.4. The van der Waals surface area contributed by atoms with E-state index in [1.54, 1.807) is 36.0 Å². The van der Waals surface area contributed by atoms with Gasteiger partial charge < -0.3 is 5.32 Å². The Morgan fingerprint density at radius 3 is 2.59 bits per heavy atom. The van der Waals surface area contributed by atoms with E-state index in [4.69, 9.17) is 0 Å². The number of sulfonamides is 1. The van der Waals surface area contributed by atoms with Crippen LogP contribution in [0, 0.1) is 6.92 Å². The maximum Gasteiger partial charge on any atom is 0.269 e. The van der Waals surface area contributed by atoms with Crippen molar-refractivity contribution in [2.24, 2.45) is 7.05 Å². The molecule has 1 aliphatic carbocycles. The van der Waals surface area contributed by atoms with Crippen molar-refractivity contribution in [2.75, 3.05) is 13.1 Å². The van der Waals surface area contributed by atoms with Gasteiger partial charge in [-0.05, 0) is 51.2 Å². The third-order valence-electron chi connectivity index (χ3n) is 4.80. The summed E-state index contributed by atoms with van der Waals surface area (Å²) in [4.78, 5) is 12.8. The van der Waals surface area contributed by atoms with Crippen molar-refractivity contribution >= 4 is 15.9 Å². The van der Waals surface area contributed by atoms with Crippen molar-refractivity contribution in [1.82, 2.24) is 19.8 Å². The first kappa shape index (κ1) is 19.6. The number of amides is 1. The second-order valence-corrected chi connectivity index (χ2v) is 8.69. The highest BCUT2D eigenvalue weighted by Gasteiger charge is 2.23. The minimum absolute atomic E-state index is 0.144. The van der Waals surface area contributed by atoms with E-state index >= 15 is 0 Å². The fourth-order valence-corrected chi connectivity index (χ4v) is 4.42. The predicted molar refractivity (Wildman–Crippen MR) is 103 cm³/mol. The summed E-state index contributed by atoms with van der Waals surface area (Å²) in [5.41, 5.74) is 3.72. The number of hydrogen-bond donors (Lipinski definition) is 2. The molecule has 0 spiro atoms. The molecule has 1 heterocycles. The molecule has 1 aliphatic rings. The average molecular weight is 391 g/mol. The summed E-state index contributed by atoms with van der Waals surface area (Å²) in [6.45, 7) is 2.57. The maximum atomic E-state index is 12.5. The first-order valence-electron chi connectivity index (χ1n) is 9.28. The lowest BCUT2D eigenvalue weighted by atomic mass is 9.95. The van der Waals surface area contributed by atoms with E-state index in [2.05, 4.69) is 15.1 Å². The molecule has 7 nitrogen and oxygen atoms in total. The van der Waals surface area contributed by atoms with Gasteiger partial charge in [0.15, 0.2) is 0 Å². The molecule has 2 aromatic rings. The summed E-state index contributed by atoms with van der Waals surface area (Å²) >= 11 is 0. The van der Waals surface area contributed by atoms with Crippen LogP contribution in [0.5, 0.6) is 0 Å². The van der Waals surface area contributed by atoms with Crippen molar-refractivity contribution in [2.45, 2.75) is 43.9 Å². The van der Waals surface area contributed by atoms with Crippen LogP contribution in [0.4, 0.5) is 0 Å². The number of nitrogens with zero attached hydrogens (tertiary/aromatic N) is 2. The lowest BCUT2D eigenvalue weighted by Gasteiger charge is -2.12. The first-order valence-corrected chi connectivity index (χ1v) is 10.8. The van der Waals surface area contributed by atoms with E-state index in [-0.39, 0.29) is 17.3 Å². The minimum Gasteiger partial charge on any atom is -0.351 e. The van der Waals surface area contributed by atoms with Crippen molar-refractivity contribution in [1.29, 1.82) is 0 Å². The van der Waals surface area contributed by atoms with Gasteiger partial charge in [0.1, 0.15) is 5.69 Å². The van der Waals surface area contributed by atoms with Crippen molar-refractivity contribution in [3.05, 3.63) is 46.8 Å². The smallest absolute Gasteiger partial charge is 0.269 e. The first-order chi connectivity index (χ1) is 12.9. The molecule has 0 fully saturated rings. The summed E-state index contributed by atoms with van der Waals surface area (Å²) in [6, 6.07) is 6.71. The molecule has 2 N–H and O–H groups in total. The number of carbonyl (C=O) groups excluding carboxylic acids is 1. The Morgan fingerprint density at radius 1 is 1.15 bits per heavy atom. The minimum atomic E-state index is -3.52. The molecule has 0 saturated heterocycles. The molecule has 0 bridgehead atoms. The average Bonchev–Trinajstić information content (AvgIpc) is 2.97. The summed E-state index contributed by atoms with van der Waals surface area (Å²) in [7, 11) is -1.72. The number of carbonyl (C=O) groups is 1. The number of benzene rings is 1. The predicted octanol–water partition coefficient (Wildman–Crippen LogP) is 1.71. The molecule has 0 aliphatic heterocycles. The quantitative estimate of drug-likeness (QED) is 0.704. The maximum absolute atomic E-state index is 12.5. The van der Waals surface area contributed by atoms with Gasteiger partial charge in [-0.25, -0.2) is 13.1 Å². The fraction of sp³-hybridized carbons (Fsp3) is 0.474. The molecular formula is C19H26N4O3S. The molecule has 3 rings (SSSR count). The van der Waals surface area contributed by atoms with Gasteiger partial charge in [-0.2, -0.15) is 5.10 Å². The summed E-state index contributed by atoms with van der Waals surface area (Å²) in [5, 5.41) is 7.33. The van der Waals surface area contributed by atoms with Crippen molar-refractivity contribution < 1.29 is 13.2 Å². The van der Waals surface area contributed by atoms with Gasteiger partial charge in [-0.3, -0.25) is 9.48 Å². The zero-order valence-corrected chi connectivity index (χ0v) is 16.6. The highest BCUT2D eigenvalue weighted by atomic mass is 32.2. The molecule has 0 unspecified atom stereocenters. The van der Waals surface area contributed by atoms with Gasteiger partial charge in [-0.15, -0.1) is 0 Å². The Morgan fingerprint density at radius 2 is 1.85 bits per heavy atom. The Kier molecular flexibility index (Phi) is 5.96. The van der Waals surface area contributed by atoms with E-state index < -0.39 is 10.0 Å². The zero-order valence-electron chi connectivity index (χ0n) is 15.8. The molecule has 0 saturated carbocycles. The van der Waals surface area contributed by atoms with Crippen molar-refractivity contribution in [3.63, 3.8) is 0 Å². The molecule has 1 aromatic heterocycles. The second-order valence-electron chi connectivity index (χ2n) is 6.92.